The minimum absolute atomic E-state index is 0.0359. The van der Waals surface area contributed by atoms with Crippen LogP contribution in [0.15, 0.2) is 0 Å². The average molecular weight is 167 g/mol. The number of nitrogens with zero attached hydrogens (tertiary/aromatic N) is 1. The van der Waals surface area contributed by atoms with Crippen LogP contribution in [0.1, 0.15) is 20.3 Å². The number of hydrogen-bond acceptors (Lipinski definition) is 2. The fourth-order valence-electron chi connectivity index (χ4n) is 1.44. The van der Waals surface area contributed by atoms with Gasteiger partial charge in [0.1, 0.15) is 6.10 Å². The van der Waals surface area contributed by atoms with Crippen LogP contribution in [0.2, 0.25) is 0 Å². The molecule has 1 heterocycles. The van der Waals surface area contributed by atoms with E-state index >= 15 is 0 Å². The molecule has 1 aliphatic heterocycles. The van der Waals surface area contributed by atoms with Gasteiger partial charge in [-0.25, -0.2) is 0 Å². The van der Waals surface area contributed by atoms with Crippen molar-refractivity contribution in [3.63, 3.8) is 0 Å². The van der Waals surface area contributed by atoms with Crippen LogP contribution in [0.5, 0.6) is 0 Å². The molecule has 0 aromatic carbocycles. The highest BCUT2D eigenvalue weighted by molar-refractivity contribution is 4.95. The molecule has 0 amide bonds. The fourth-order valence-corrected chi connectivity index (χ4v) is 1.44. The van der Waals surface area contributed by atoms with E-state index in [0.29, 0.717) is 6.04 Å². The van der Waals surface area contributed by atoms with Crippen molar-refractivity contribution >= 4 is 0 Å². The number of ether oxygens (including phenoxy) is 1. The average Bonchev–Trinajstić information content (AvgIpc) is 2.28. The van der Waals surface area contributed by atoms with Gasteiger partial charge in [0.2, 0.25) is 0 Å². The Morgan fingerprint density at radius 3 is 2.83 bits per heavy atom. The molecular formula is C10H17NO. The van der Waals surface area contributed by atoms with E-state index in [1.807, 2.05) is 0 Å². The zero-order valence-electron chi connectivity index (χ0n) is 7.92. The molecule has 1 aliphatic rings. The third-order valence-electron chi connectivity index (χ3n) is 2.29. The van der Waals surface area contributed by atoms with Gasteiger partial charge in [-0.2, -0.15) is 0 Å². The highest BCUT2D eigenvalue weighted by Crippen LogP contribution is 2.08. The van der Waals surface area contributed by atoms with Gasteiger partial charge in [-0.3, -0.25) is 4.90 Å². The molecule has 12 heavy (non-hydrogen) atoms. The van der Waals surface area contributed by atoms with Crippen LogP contribution in [-0.2, 0) is 4.74 Å². The Labute approximate surface area is 74.9 Å². The summed E-state index contributed by atoms with van der Waals surface area (Å²) in [5.74, 6) is 2.65. The normalized spacial score (nSPS) is 26.7. The molecule has 2 nitrogen and oxygen atoms in total. The van der Waals surface area contributed by atoms with Crippen molar-refractivity contribution in [1.29, 1.82) is 0 Å². The second kappa shape index (κ2) is 4.49. The summed E-state index contributed by atoms with van der Waals surface area (Å²) in [5.41, 5.74) is 0. The number of hydrogen-bond donors (Lipinski definition) is 0. The third-order valence-corrected chi connectivity index (χ3v) is 2.29. The first-order valence-electron chi connectivity index (χ1n) is 4.56. The lowest BCUT2D eigenvalue weighted by atomic mass is 10.2. The molecule has 1 saturated heterocycles. The van der Waals surface area contributed by atoms with E-state index in [4.69, 9.17) is 11.2 Å². The van der Waals surface area contributed by atoms with Crippen LogP contribution < -0.4 is 0 Å². The molecule has 0 spiro atoms. The molecule has 1 unspecified atom stereocenters. The Balaban J connectivity index is 2.40. The van der Waals surface area contributed by atoms with E-state index in [2.05, 4.69) is 24.7 Å². The molecule has 0 aromatic rings. The Kier molecular flexibility index (Phi) is 3.58. The summed E-state index contributed by atoms with van der Waals surface area (Å²) in [6.45, 7) is 7.25. The molecule has 0 bridgehead atoms. The minimum Gasteiger partial charge on any atom is -0.364 e. The Bertz CT molecular complexity index is 171. The topological polar surface area (TPSA) is 12.5 Å². The summed E-state index contributed by atoms with van der Waals surface area (Å²) in [4.78, 5) is 2.40. The van der Waals surface area contributed by atoms with E-state index in [-0.39, 0.29) is 6.10 Å². The van der Waals surface area contributed by atoms with Gasteiger partial charge in [-0.1, -0.05) is 5.92 Å². The van der Waals surface area contributed by atoms with Gasteiger partial charge in [0.15, 0.2) is 0 Å². The maximum atomic E-state index is 5.45. The van der Waals surface area contributed by atoms with Crippen LogP contribution in [0.25, 0.3) is 0 Å². The lowest BCUT2D eigenvalue weighted by Crippen LogP contribution is -2.32. The largest absolute Gasteiger partial charge is 0.364 e. The zero-order valence-corrected chi connectivity index (χ0v) is 7.92. The first-order valence-corrected chi connectivity index (χ1v) is 4.56. The summed E-state index contributed by atoms with van der Waals surface area (Å²) in [7, 11) is 0. The van der Waals surface area contributed by atoms with E-state index in [9.17, 15) is 0 Å². The molecule has 1 rings (SSSR count). The molecule has 1 atom stereocenters. The minimum atomic E-state index is 0.0359. The number of rotatable bonds is 1. The molecule has 0 N–H and O–H groups in total. The SMILES string of the molecule is C#CC1CCN(C(C)C)CCO1. The van der Waals surface area contributed by atoms with Crippen LogP contribution in [0.4, 0.5) is 0 Å². The van der Waals surface area contributed by atoms with Gasteiger partial charge in [0.05, 0.1) is 6.61 Å². The molecule has 1 fully saturated rings. The molecular weight excluding hydrogens is 150 g/mol. The van der Waals surface area contributed by atoms with Gasteiger partial charge in [-0.05, 0) is 20.3 Å². The van der Waals surface area contributed by atoms with Crippen molar-refractivity contribution in [3.05, 3.63) is 0 Å². The smallest absolute Gasteiger partial charge is 0.119 e. The second-order valence-corrected chi connectivity index (χ2v) is 3.44. The van der Waals surface area contributed by atoms with Gasteiger partial charge in [0.25, 0.3) is 0 Å². The van der Waals surface area contributed by atoms with Crippen molar-refractivity contribution in [1.82, 2.24) is 4.90 Å². The maximum Gasteiger partial charge on any atom is 0.119 e. The monoisotopic (exact) mass is 167 g/mol. The molecule has 0 aromatic heterocycles. The summed E-state index contributed by atoms with van der Waals surface area (Å²) >= 11 is 0. The highest BCUT2D eigenvalue weighted by Gasteiger charge is 2.16. The van der Waals surface area contributed by atoms with Crippen LogP contribution in [0.3, 0.4) is 0 Å². The Morgan fingerprint density at radius 2 is 2.25 bits per heavy atom. The summed E-state index contributed by atoms with van der Waals surface area (Å²) in [6, 6.07) is 0.602. The van der Waals surface area contributed by atoms with Crippen molar-refractivity contribution in [2.45, 2.75) is 32.4 Å². The Hall–Kier alpha value is -0.520. The standard InChI is InChI=1S/C10H17NO/c1-4-10-5-6-11(9(2)3)7-8-12-10/h1,9-10H,5-8H2,2-3H3. The van der Waals surface area contributed by atoms with E-state index in [1.165, 1.54) is 0 Å². The maximum absolute atomic E-state index is 5.45. The predicted octanol–water partition coefficient (Wildman–Crippen LogP) is 1.12. The van der Waals surface area contributed by atoms with E-state index in [1.54, 1.807) is 0 Å². The zero-order chi connectivity index (χ0) is 8.97. The van der Waals surface area contributed by atoms with E-state index < -0.39 is 0 Å². The summed E-state index contributed by atoms with van der Waals surface area (Å²) in [6.07, 6.45) is 6.30. The van der Waals surface area contributed by atoms with Crippen molar-refractivity contribution in [2.24, 2.45) is 0 Å². The van der Waals surface area contributed by atoms with Gasteiger partial charge in [0, 0.05) is 19.1 Å². The quantitative estimate of drug-likeness (QED) is 0.543. The molecule has 68 valence electrons. The lowest BCUT2D eigenvalue weighted by Gasteiger charge is -2.23. The van der Waals surface area contributed by atoms with Crippen LogP contribution >= 0.6 is 0 Å². The molecule has 0 radical (unpaired) electrons. The van der Waals surface area contributed by atoms with Crippen molar-refractivity contribution < 1.29 is 4.74 Å². The first kappa shape index (κ1) is 9.57. The van der Waals surface area contributed by atoms with Gasteiger partial charge >= 0.3 is 0 Å². The fraction of sp³-hybridized carbons (Fsp3) is 0.800. The first-order chi connectivity index (χ1) is 5.74. The van der Waals surface area contributed by atoms with Gasteiger partial charge < -0.3 is 4.74 Å². The molecule has 2 heteroatoms. The van der Waals surface area contributed by atoms with Crippen LogP contribution in [0, 0.1) is 12.3 Å². The van der Waals surface area contributed by atoms with Gasteiger partial charge in [-0.15, -0.1) is 6.42 Å². The van der Waals surface area contributed by atoms with Crippen molar-refractivity contribution in [2.75, 3.05) is 19.7 Å². The Morgan fingerprint density at radius 1 is 1.50 bits per heavy atom. The second-order valence-electron chi connectivity index (χ2n) is 3.44. The van der Waals surface area contributed by atoms with Crippen LogP contribution in [-0.4, -0.2) is 36.7 Å². The molecule has 0 aliphatic carbocycles. The third kappa shape index (κ3) is 2.51. The predicted molar refractivity (Wildman–Crippen MR) is 49.9 cm³/mol. The molecule has 0 saturated carbocycles. The lowest BCUT2D eigenvalue weighted by molar-refractivity contribution is 0.0975. The summed E-state index contributed by atoms with van der Waals surface area (Å²) < 4.78 is 5.45. The summed E-state index contributed by atoms with van der Waals surface area (Å²) in [5, 5.41) is 0. The highest BCUT2D eigenvalue weighted by atomic mass is 16.5. The number of terminal acetylenes is 1. The van der Waals surface area contributed by atoms with Crippen molar-refractivity contribution in [3.8, 4) is 12.3 Å². The van der Waals surface area contributed by atoms with E-state index in [0.717, 1.165) is 26.1 Å².